The van der Waals surface area contributed by atoms with Gasteiger partial charge in [-0.15, -0.1) is 11.3 Å². The zero-order chi connectivity index (χ0) is 20.5. The largest absolute Gasteiger partial charge is 0.356 e. The standard InChI is InChI=1S/C25H24ClN3S/c1-17-21(20-10-6-3-7-11-20)22-23(27-25(26)28-24(22)30-17)29-14-12-19(13-15-29)16-18-8-4-2-5-9-18/h2-11,19H,12-16H2,1H3. The molecule has 5 heteroatoms. The predicted molar refractivity (Wildman–Crippen MR) is 128 cm³/mol. The molecule has 2 aromatic carbocycles. The molecule has 3 nitrogen and oxygen atoms in total. The fraction of sp³-hybridized carbons (Fsp3) is 0.280. The van der Waals surface area contributed by atoms with Gasteiger partial charge in [-0.1, -0.05) is 60.7 Å². The maximum atomic E-state index is 6.34. The van der Waals surface area contributed by atoms with E-state index < -0.39 is 0 Å². The van der Waals surface area contributed by atoms with Crippen molar-refractivity contribution in [3.05, 3.63) is 76.4 Å². The number of piperidine rings is 1. The molecule has 0 amide bonds. The summed E-state index contributed by atoms with van der Waals surface area (Å²) in [5.41, 5.74) is 3.89. The third-order valence-electron chi connectivity index (χ3n) is 6.02. The number of rotatable bonds is 4. The van der Waals surface area contributed by atoms with Crippen LogP contribution in [0.15, 0.2) is 60.7 Å². The van der Waals surface area contributed by atoms with Crippen molar-refractivity contribution in [3.63, 3.8) is 0 Å². The lowest BCUT2D eigenvalue weighted by Crippen LogP contribution is -2.35. The molecule has 2 aromatic heterocycles. The number of hydrogen-bond donors (Lipinski definition) is 0. The molecule has 1 aliphatic heterocycles. The Labute approximate surface area is 186 Å². The van der Waals surface area contributed by atoms with Crippen LogP contribution in [-0.4, -0.2) is 23.1 Å². The monoisotopic (exact) mass is 433 g/mol. The summed E-state index contributed by atoms with van der Waals surface area (Å²) in [6, 6.07) is 21.4. The third kappa shape index (κ3) is 3.82. The van der Waals surface area contributed by atoms with Gasteiger partial charge < -0.3 is 4.90 Å². The molecule has 0 atom stereocenters. The van der Waals surface area contributed by atoms with Gasteiger partial charge in [-0.3, -0.25) is 0 Å². The van der Waals surface area contributed by atoms with E-state index in [9.17, 15) is 0 Å². The molecule has 0 radical (unpaired) electrons. The molecule has 0 N–H and O–H groups in total. The Morgan fingerprint density at radius 3 is 2.33 bits per heavy atom. The van der Waals surface area contributed by atoms with Gasteiger partial charge in [0.05, 0.1) is 5.39 Å². The highest BCUT2D eigenvalue weighted by molar-refractivity contribution is 7.19. The Morgan fingerprint density at radius 2 is 1.63 bits per heavy atom. The van der Waals surface area contributed by atoms with Gasteiger partial charge in [-0.25, -0.2) is 4.98 Å². The van der Waals surface area contributed by atoms with Crippen molar-refractivity contribution in [2.75, 3.05) is 18.0 Å². The van der Waals surface area contributed by atoms with Gasteiger partial charge in [0.15, 0.2) is 0 Å². The van der Waals surface area contributed by atoms with E-state index in [0.29, 0.717) is 11.2 Å². The molecule has 0 aliphatic carbocycles. The lowest BCUT2D eigenvalue weighted by atomic mass is 9.90. The van der Waals surface area contributed by atoms with Gasteiger partial charge in [0.1, 0.15) is 10.6 Å². The van der Waals surface area contributed by atoms with Crippen LogP contribution in [0.25, 0.3) is 21.3 Å². The third-order valence-corrected chi connectivity index (χ3v) is 7.19. The molecule has 30 heavy (non-hydrogen) atoms. The van der Waals surface area contributed by atoms with E-state index in [1.54, 1.807) is 11.3 Å². The Hall–Kier alpha value is -2.43. The highest BCUT2D eigenvalue weighted by Gasteiger charge is 2.25. The van der Waals surface area contributed by atoms with E-state index >= 15 is 0 Å². The van der Waals surface area contributed by atoms with Crippen LogP contribution >= 0.6 is 22.9 Å². The summed E-state index contributed by atoms with van der Waals surface area (Å²) in [5, 5.41) is 1.49. The Bertz CT molecular complexity index is 1150. The lowest BCUT2D eigenvalue weighted by Gasteiger charge is -2.33. The fourth-order valence-electron chi connectivity index (χ4n) is 4.55. The lowest BCUT2D eigenvalue weighted by molar-refractivity contribution is 0.403. The van der Waals surface area contributed by atoms with Gasteiger partial charge in [-0.2, -0.15) is 4.98 Å². The molecule has 4 aromatic rings. The van der Waals surface area contributed by atoms with Crippen LogP contribution in [0.3, 0.4) is 0 Å². The van der Waals surface area contributed by atoms with Crippen molar-refractivity contribution in [1.29, 1.82) is 0 Å². The van der Waals surface area contributed by atoms with Crippen molar-refractivity contribution in [2.45, 2.75) is 26.2 Å². The van der Waals surface area contributed by atoms with Crippen LogP contribution in [-0.2, 0) is 6.42 Å². The number of anilines is 1. The minimum absolute atomic E-state index is 0.338. The second kappa shape index (κ2) is 8.37. The van der Waals surface area contributed by atoms with E-state index in [4.69, 9.17) is 16.6 Å². The number of hydrogen-bond acceptors (Lipinski definition) is 4. The van der Waals surface area contributed by atoms with Gasteiger partial charge in [0.25, 0.3) is 0 Å². The summed E-state index contributed by atoms with van der Waals surface area (Å²) < 4.78 is 0. The molecule has 0 unspecified atom stereocenters. The SMILES string of the molecule is Cc1sc2nc(Cl)nc(N3CCC(Cc4ccccc4)CC3)c2c1-c1ccccc1. The first-order valence-corrected chi connectivity index (χ1v) is 11.7. The number of halogens is 1. The summed E-state index contributed by atoms with van der Waals surface area (Å²) >= 11 is 8.05. The number of aromatic nitrogens is 2. The molecule has 3 heterocycles. The average molecular weight is 434 g/mol. The van der Waals surface area contributed by atoms with Crippen LogP contribution in [0.4, 0.5) is 5.82 Å². The van der Waals surface area contributed by atoms with Gasteiger partial charge in [0.2, 0.25) is 5.28 Å². The van der Waals surface area contributed by atoms with E-state index in [1.165, 1.54) is 34.4 Å². The fourth-order valence-corrected chi connectivity index (χ4v) is 5.80. The van der Waals surface area contributed by atoms with E-state index in [-0.39, 0.29) is 0 Å². The van der Waals surface area contributed by atoms with E-state index in [2.05, 4.69) is 77.5 Å². The molecule has 0 saturated carbocycles. The molecule has 5 rings (SSSR count). The Morgan fingerprint density at radius 1 is 0.967 bits per heavy atom. The van der Waals surface area contributed by atoms with E-state index in [0.717, 1.165) is 35.5 Å². The predicted octanol–water partition coefficient (Wildman–Crippen LogP) is 6.78. The number of fused-ring (bicyclic) bond motifs is 1. The smallest absolute Gasteiger partial charge is 0.225 e. The number of benzene rings is 2. The summed E-state index contributed by atoms with van der Waals surface area (Å²) in [4.78, 5) is 13.9. The molecule has 152 valence electrons. The van der Waals surface area contributed by atoms with Crippen LogP contribution in [0.5, 0.6) is 0 Å². The summed E-state index contributed by atoms with van der Waals surface area (Å²) in [6.07, 6.45) is 3.49. The minimum atomic E-state index is 0.338. The van der Waals surface area contributed by atoms with Crippen LogP contribution in [0.1, 0.15) is 23.3 Å². The normalized spacial score (nSPS) is 15.1. The molecule has 1 fully saturated rings. The van der Waals surface area contributed by atoms with Gasteiger partial charge in [-0.05, 0) is 54.8 Å². The first kappa shape index (κ1) is 19.5. The first-order valence-electron chi connectivity index (χ1n) is 10.5. The van der Waals surface area contributed by atoms with Crippen LogP contribution in [0.2, 0.25) is 5.28 Å². The van der Waals surface area contributed by atoms with Crippen LogP contribution in [0, 0.1) is 12.8 Å². The zero-order valence-corrected chi connectivity index (χ0v) is 18.6. The molecule has 0 bridgehead atoms. The topological polar surface area (TPSA) is 29.0 Å². The Kier molecular flexibility index (Phi) is 5.45. The quantitative estimate of drug-likeness (QED) is 0.332. The highest BCUT2D eigenvalue weighted by atomic mass is 35.5. The number of aryl methyl sites for hydroxylation is 1. The summed E-state index contributed by atoms with van der Waals surface area (Å²) in [5.74, 6) is 1.71. The zero-order valence-electron chi connectivity index (χ0n) is 17.0. The molecule has 1 saturated heterocycles. The van der Waals surface area contributed by atoms with Gasteiger partial charge in [0, 0.05) is 23.5 Å². The van der Waals surface area contributed by atoms with Crippen molar-refractivity contribution < 1.29 is 0 Å². The van der Waals surface area contributed by atoms with Gasteiger partial charge >= 0.3 is 0 Å². The second-order valence-corrected chi connectivity index (χ2v) is 9.56. The number of thiophene rings is 1. The van der Waals surface area contributed by atoms with Crippen molar-refractivity contribution in [2.24, 2.45) is 5.92 Å². The maximum absolute atomic E-state index is 6.34. The number of nitrogens with zero attached hydrogens (tertiary/aromatic N) is 3. The summed E-state index contributed by atoms with van der Waals surface area (Å²) in [6.45, 7) is 4.17. The first-order chi connectivity index (χ1) is 14.7. The molecule has 1 aliphatic rings. The maximum Gasteiger partial charge on any atom is 0.225 e. The molecular formula is C25H24ClN3S. The second-order valence-electron chi connectivity index (χ2n) is 8.02. The average Bonchev–Trinajstić information content (AvgIpc) is 3.10. The van der Waals surface area contributed by atoms with Crippen LogP contribution < -0.4 is 4.90 Å². The minimum Gasteiger partial charge on any atom is -0.356 e. The van der Waals surface area contributed by atoms with Crippen molar-refractivity contribution >= 4 is 39.0 Å². The van der Waals surface area contributed by atoms with Crippen molar-refractivity contribution in [3.8, 4) is 11.1 Å². The highest BCUT2D eigenvalue weighted by Crippen LogP contribution is 2.43. The molecular weight excluding hydrogens is 410 g/mol. The Balaban J connectivity index is 1.46. The summed E-state index contributed by atoms with van der Waals surface area (Å²) in [7, 11) is 0. The van der Waals surface area contributed by atoms with E-state index in [1.807, 2.05) is 0 Å². The molecule has 0 spiro atoms. The van der Waals surface area contributed by atoms with Crippen molar-refractivity contribution in [1.82, 2.24) is 9.97 Å².